The fraction of sp³-hybridized carbons (Fsp3) is 0.333. The summed E-state index contributed by atoms with van der Waals surface area (Å²) in [6.07, 6.45) is -5.56. The number of anilines is 1. The summed E-state index contributed by atoms with van der Waals surface area (Å²) in [5.41, 5.74) is -0.621. The Hall–Kier alpha value is -2.45. The first-order valence-corrected chi connectivity index (χ1v) is 5.76. The average Bonchev–Trinajstić information content (AvgIpc) is 2.37. The van der Waals surface area contributed by atoms with E-state index in [1.54, 1.807) is 0 Å². The number of hydrogen-bond donors (Lipinski definition) is 3. The number of nitrogens with one attached hydrogen (secondary N) is 1. The van der Waals surface area contributed by atoms with E-state index in [-0.39, 0.29) is 5.69 Å². The Bertz CT molecular complexity index is 546. The van der Waals surface area contributed by atoms with Crippen LogP contribution in [0.3, 0.4) is 0 Å². The van der Waals surface area contributed by atoms with Crippen molar-refractivity contribution in [3.63, 3.8) is 0 Å². The number of amides is 2. The fourth-order valence-electron chi connectivity index (χ4n) is 1.42. The highest BCUT2D eigenvalue weighted by molar-refractivity contribution is 5.97. The maximum absolute atomic E-state index is 12.0. The van der Waals surface area contributed by atoms with Crippen molar-refractivity contribution in [2.24, 2.45) is 0 Å². The fourth-order valence-corrected chi connectivity index (χ4v) is 1.42. The van der Waals surface area contributed by atoms with Crippen molar-refractivity contribution >= 4 is 17.7 Å². The SMILES string of the molecule is CN(CCC(F)(F)F)C(=O)Nc1cccc(C(=O)O)c1O. The number of nitrogens with zero attached hydrogens (tertiary/aromatic N) is 1. The van der Waals surface area contributed by atoms with E-state index in [1.165, 1.54) is 12.1 Å². The van der Waals surface area contributed by atoms with Crippen LogP contribution in [0.15, 0.2) is 18.2 Å². The van der Waals surface area contributed by atoms with Gasteiger partial charge in [0.05, 0.1) is 12.1 Å². The predicted octanol–water partition coefficient (Wildman–Crippen LogP) is 2.51. The van der Waals surface area contributed by atoms with Gasteiger partial charge in [-0.1, -0.05) is 6.07 Å². The molecule has 0 spiro atoms. The van der Waals surface area contributed by atoms with Crippen LogP contribution in [0.2, 0.25) is 0 Å². The number of benzene rings is 1. The highest BCUT2D eigenvalue weighted by atomic mass is 19.4. The van der Waals surface area contributed by atoms with Crippen molar-refractivity contribution in [3.8, 4) is 5.75 Å². The van der Waals surface area contributed by atoms with E-state index in [0.29, 0.717) is 0 Å². The zero-order valence-electron chi connectivity index (χ0n) is 10.9. The third-order valence-corrected chi connectivity index (χ3v) is 2.59. The number of alkyl halides is 3. The van der Waals surface area contributed by atoms with Gasteiger partial charge in [0.1, 0.15) is 5.56 Å². The van der Waals surface area contributed by atoms with Crippen molar-refractivity contribution in [2.45, 2.75) is 12.6 Å². The lowest BCUT2D eigenvalue weighted by atomic mass is 10.1. The molecule has 0 aliphatic carbocycles. The first kappa shape index (κ1) is 16.6. The minimum absolute atomic E-state index is 0.196. The molecule has 1 rings (SSSR count). The van der Waals surface area contributed by atoms with Gasteiger partial charge in [0.15, 0.2) is 5.75 Å². The molecule has 116 valence electrons. The van der Waals surface area contributed by atoms with Gasteiger partial charge < -0.3 is 20.4 Å². The van der Waals surface area contributed by atoms with Crippen LogP contribution in [0.5, 0.6) is 5.75 Å². The summed E-state index contributed by atoms with van der Waals surface area (Å²) in [6, 6.07) is 2.75. The molecule has 1 aromatic rings. The number of urea groups is 1. The Morgan fingerprint density at radius 2 is 1.95 bits per heavy atom. The number of carboxylic acid groups (broad SMARTS) is 1. The summed E-state index contributed by atoms with van der Waals surface area (Å²) >= 11 is 0. The van der Waals surface area contributed by atoms with Gasteiger partial charge in [-0.05, 0) is 12.1 Å². The lowest BCUT2D eigenvalue weighted by Crippen LogP contribution is -2.34. The van der Waals surface area contributed by atoms with Crippen molar-refractivity contribution in [1.29, 1.82) is 0 Å². The monoisotopic (exact) mass is 306 g/mol. The van der Waals surface area contributed by atoms with Crippen LogP contribution in [0.1, 0.15) is 16.8 Å². The molecule has 0 aliphatic rings. The number of carboxylic acids is 1. The van der Waals surface area contributed by atoms with E-state index < -0.39 is 42.5 Å². The second kappa shape index (κ2) is 6.33. The molecule has 9 heteroatoms. The van der Waals surface area contributed by atoms with Crippen LogP contribution in [-0.4, -0.2) is 46.9 Å². The normalized spacial score (nSPS) is 11.0. The number of aromatic hydroxyl groups is 1. The molecular formula is C12H13F3N2O4. The molecule has 0 fully saturated rings. The van der Waals surface area contributed by atoms with Crippen LogP contribution >= 0.6 is 0 Å². The highest BCUT2D eigenvalue weighted by Crippen LogP contribution is 2.27. The van der Waals surface area contributed by atoms with E-state index in [9.17, 15) is 27.9 Å². The summed E-state index contributed by atoms with van der Waals surface area (Å²) in [7, 11) is 1.15. The molecule has 3 N–H and O–H groups in total. The number of hydrogen-bond acceptors (Lipinski definition) is 3. The zero-order valence-corrected chi connectivity index (χ0v) is 10.9. The van der Waals surface area contributed by atoms with Gasteiger partial charge in [-0.15, -0.1) is 0 Å². The molecule has 6 nitrogen and oxygen atoms in total. The summed E-state index contributed by atoms with van der Waals surface area (Å²) < 4.78 is 36.1. The molecule has 0 bridgehead atoms. The minimum Gasteiger partial charge on any atom is -0.505 e. The van der Waals surface area contributed by atoms with Gasteiger partial charge in [0.25, 0.3) is 0 Å². The molecule has 2 amide bonds. The van der Waals surface area contributed by atoms with Crippen LogP contribution in [0, 0.1) is 0 Å². The maximum Gasteiger partial charge on any atom is 0.390 e. The second-order valence-electron chi connectivity index (χ2n) is 4.22. The average molecular weight is 306 g/mol. The largest absolute Gasteiger partial charge is 0.505 e. The van der Waals surface area contributed by atoms with Crippen molar-refractivity contribution in [2.75, 3.05) is 18.9 Å². The molecule has 0 atom stereocenters. The molecule has 0 radical (unpaired) electrons. The van der Waals surface area contributed by atoms with E-state index in [1.807, 2.05) is 0 Å². The smallest absolute Gasteiger partial charge is 0.390 e. The lowest BCUT2D eigenvalue weighted by molar-refractivity contribution is -0.135. The van der Waals surface area contributed by atoms with Crippen LogP contribution < -0.4 is 5.32 Å². The molecule has 0 aliphatic heterocycles. The number of carbonyl (C=O) groups is 2. The summed E-state index contributed by atoms with van der Waals surface area (Å²) in [5.74, 6) is -2.06. The zero-order chi connectivity index (χ0) is 16.2. The first-order chi connectivity index (χ1) is 9.61. The quantitative estimate of drug-likeness (QED) is 0.746. The molecule has 0 saturated heterocycles. The number of para-hydroxylation sites is 1. The second-order valence-corrected chi connectivity index (χ2v) is 4.22. The maximum atomic E-state index is 12.0. The third kappa shape index (κ3) is 4.86. The molecular weight excluding hydrogens is 293 g/mol. The Balaban J connectivity index is 2.75. The Labute approximate surface area is 117 Å². The Morgan fingerprint density at radius 1 is 1.33 bits per heavy atom. The van der Waals surface area contributed by atoms with Crippen molar-refractivity contribution in [1.82, 2.24) is 4.90 Å². The number of phenols is 1. The lowest BCUT2D eigenvalue weighted by Gasteiger charge is -2.19. The Kier molecular flexibility index (Phi) is 5.01. The molecule has 0 unspecified atom stereocenters. The van der Waals surface area contributed by atoms with Crippen molar-refractivity contribution in [3.05, 3.63) is 23.8 Å². The Morgan fingerprint density at radius 3 is 2.48 bits per heavy atom. The van der Waals surface area contributed by atoms with Crippen molar-refractivity contribution < 1.29 is 33.0 Å². The molecule has 0 saturated carbocycles. The molecule has 21 heavy (non-hydrogen) atoms. The van der Waals surface area contributed by atoms with Gasteiger partial charge in [-0.3, -0.25) is 0 Å². The van der Waals surface area contributed by atoms with Gasteiger partial charge in [0.2, 0.25) is 0 Å². The summed E-state index contributed by atoms with van der Waals surface area (Å²) in [4.78, 5) is 23.2. The molecule has 0 aromatic heterocycles. The van der Waals surface area contributed by atoms with Gasteiger partial charge in [0, 0.05) is 13.6 Å². The number of carbonyl (C=O) groups excluding carboxylic acids is 1. The summed E-state index contributed by atoms with van der Waals surface area (Å²) in [6.45, 7) is -0.561. The third-order valence-electron chi connectivity index (χ3n) is 2.59. The molecule has 1 aromatic carbocycles. The number of rotatable bonds is 4. The number of halogens is 3. The van der Waals surface area contributed by atoms with Gasteiger partial charge in [-0.25, -0.2) is 9.59 Å². The van der Waals surface area contributed by atoms with E-state index >= 15 is 0 Å². The number of aromatic carboxylic acids is 1. The highest BCUT2D eigenvalue weighted by Gasteiger charge is 2.28. The van der Waals surface area contributed by atoms with E-state index in [0.717, 1.165) is 18.0 Å². The standard InChI is InChI=1S/C12H13F3N2O4/c1-17(6-5-12(13,14)15)11(21)16-8-4-2-3-7(9(8)18)10(19)20/h2-4,18H,5-6H2,1H3,(H,16,21)(H,19,20). The molecule has 0 heterocycles. The van der Waals surface area contributed by atoms with Crippen LogP contribution in [0.4, 0.5) is 23.7 Å². The van der Waals surface area contributed by atoms with E-state index in [2.05, 4.69) is 5.32 Å². The van der Waals surface area contributed by atoms with Gasteiger partial charge in [-0.2, -0.15) is 13.2 Å². The van der Waals surface area contributed by atoms with Crippen LogP contribution in [0.25, 0.3) is 0 Å². The minimum atomic E-state index is -4.39. The topological polar surface area (TPSA) is 89.9 Å². The summed E-state index contributed by atoms with van der Waals surface area (Å²) in [5, 5.41) is 20.6. The van der Waals surface area contributed by atoms with E-state index in [4.69, 9.17) is 5.11 Å². The van der Waals surface area contributed by atoms with Gasteiger partial charge >= 0.3 is 18.2 Å². The predicted molar refractivity (Wildman–Crippen MR) is 67.4 cm³/mol. The van der Waals surface area contributed by atoms with Crippen LogP contribution in [-0.2, 0) is 0 Å². The first-order valence-electron chi connectivity index (χ1n) is 5.76.